The third-order valence-corrected chi connectivity index (χ3v) is 3.98. The SMILES string of the molecule is COC(=O)CCc1c(C(=O)OCc2ccccc2)[nH]c(C)c1CC(=O)O. The van der Waals surface area contributed by atoms with Gasteiger partial charge in [-0.25, -0.2) is 4.79 Å². The Morgan fingerprint density at radius 3 is 2.42 bits per heavy atom. The van der Waals surface area contributed by atoms with E-state index in [-0.39, 0.29) is 31.6 Å². The molecule has 0 saturated heterocycles. The lowest BCUT2D eigenvalue weighted by molar-refractivity contribution is -0.140. The van der Waals surface area contributed by atoms with Gasteiger partial charge in [-0.05, 0) is 30.0 Å². The van der Waals surface area contributed by atoms with Crippen molar-refractivity contribution < 1.29 is 29.0 Å². The van der Waals surface area contributed by atoms with Crippen LogP contribution in [0, 0.1) is 6.92 Å². The zero-order chi connectivity index (χ0) is 19.1. The van der Waals surface area contributed by atoms with Crippen LogP contribution >= 0.6 is 0 Å². The van der Waals surface area contributed by atoms with Gasteiger partial charge in [-0.15, -0.1) is 0 Å². The number of aromatic nitrogens is 1. The first-order valence-corrected chi connectivity index (χ1v) is 8.12. The van der Waals surface area contributed by atoms with E-state index in [2.05, 4.69) is 9.72 Å². The Morgan fingerprint density at radius 1 is 1.12 bits per heavy atom. The van der Waals surface area contributed by atoms with Gasteiger partial charge >= 0.3 is 17.9 Å². The number of esters is 2. The second-order valence-electron chi connectivity index (χ2n) is 5.79. The van der Waals surface area contributed by atoms with Gasteiger partial charge in [0.05, 0.1) is 13.5 Å². The molecule has 2 N–H and O–H groups in total. The summed E-state index contributed by atoms with van der Waals surface area (Å²) in [5, 5.41) is 9.12. The first kappa shape index (κ1) is 19.2. The lowest BCUT2D eigenvalue weighted by atomic mass is 10.0. The molecule has 1 aromatic carbocycles. The molecule has 1 heterocycles. The first-order chi connectivity index (χ1) is 12.4. The summed E-state index contributed by atoms with van der Waals surface area (Å²) in [7, 11) is 1.28. The minimum Gasteiger partial charge on any atom is -0.481 e. The molecule has 138 valence electrons. The molecule has 2 aromatic rings. The normalized spacial score (nSPS) is 10.4. The van der Waals surface area contributed by atoms with Crippen LogP contribution in [-0.2, 0) is 38.5 Å². The molecule has 0 saturated carbocycles. The molecule has 7 heteroatoms. The van der Waals surface area contributed by atoms with Gasteiger partial charge in [0.2, 0.25) is 0 Å². The van der Waals surface area contributed by atoms with Gasteiger partial charge in [0.25, 0.3) is 0 Å². The smallest absolute Gasteiger partial charge is 0.355 e. The summed E-state index contributed by atoms with van der Waals surface area (Å²) in [5.74, 6) is -2.04. The van der Waals surface area contributed by atoms with Crippen molar-refractivity contribution in [2.75, 3.05) is 7.11 Å². The van der Waals surface area contributed by atoms with Crippen molar-refractivity contribution in [3.8, 4) is 0 Å². The number of carbonyl (C=O) groups excluding carboxylic acids is 2. The molecule has 0 atom stereocenters. The first-order valence-electron chi connectivity index (χ1n) is 8.12. The van der Waals surface area contributed by atoms with Crippen LogP contribution in [0.5, 0.6) is 0 Å². The zero-order valence-corrected chi connectivity index (χ0v) is 14.7. The monoisotopic (exact) mass is 359 g/mol. The number of ether oxygens (including phenoxy) is 2. The summed E-state index contributed by atoms with van der Waals surface area (Å²) in [5.41, 5.74) is 2.56. The van der Waals surface area contributed by atoms with E-state index in [9.17, 15) is 14.4 Å². The Balaban J connectivity index is 2.22. The number of nitrogens with one attached hydrogen (secondary N) is 1. The van der Waals surface area contributed by atoms with Crippen molar-refractivity contribution in [3.63, 3.8) is 0 Å². The summed E-state index contributed by atoms with van der Waals surface area (Å²) in [6.45, 7) is 1.79. The molecule has 0 aliphatic carbocycles. The van der Waals surface area contributed by atoms with E-state index in [0.29, 0.717) is 16.8 Å². The van der Waals surface area contributed by atoms with Gasteiger partial charge in [-0.2, -0.15) is 0 Å². The van der Waals surface area contributed by atoms with E-state index >= 15 is 0 Å². The molecule has 1 aromatic heterocycles. The minimum absolute atomic E-state index is 0.0410. The average Bonchev–Trinajstić information content (AvgIpc) is 2.93. The number of aliphatic carboxylic acids is 1. The molecule has 7 nitrogen and oxygen atoms in total. The number of hydrogen-bond acceptors (Lipinski definition) is 5. The number of carboxylic acid groups (broad SMARTS) is 1. The van der Waals surface area contributed by atoms with Gasteiger partial charge < -0.3 is 19.6 Å². The largest absolute Gasteiger partial charge is 0.481 e. The maximum absolute atomic E-state index is 12.5. The summed E-state index contributed by atoms with van der Waals surface area (Å²) in [6.07, 6.45) is -0.0143. The van der Waals surface area contributed by atoms with Crippen molar-refractivity contribution >= 4 is 17.9 Å². The van der Waals surface area contributed by atoms with Crippen molar-refractivity contribution in [1.82, 2.24) is 4.98 Å². The molecular weight excluding hydrogens is 338 g/mol. The molecular formula is C19H21NO6. The Bertz CT molecular complexity index is 794. The molecule has 2 rings (SSSR count). The predicted molar refractivity (Wildman–Crippen MR) is 92.8 cm³/mol. The summed E-state index contributed by atoms with van der Waals surface area (Å²) >= 11 is 0. The Hall–Kier alpha value is -3.09. The number of hydrogen-bond donors (Lipinski definition) is 2. The third-order valence-electron chi connectivity index (χ3n) is 3.98. The van der Waals surface area contributed by atoms with Gasteiger partial charge in [0.15, 0.2) is 0 Å². The molecule has 0 aliphatic rings. The predicted octanol–water partition coefficient (Wildman–Crippen LogP) is 2.41. The number of aromatic amines is 1. The topological polar surface area (TPSA) is 106 Å². The molecule has 0 aliphatic heterocycles. The third kappa shape index (κ3) is 4.95. The van der Waals surface area contributed by atoms with E-state index in [1.807, 2.05) is 30.3 Å². The quantitative estimate of drug-likeness (QED) is 0.701. The van der Waals surface area contributed by atoms with E-state index in [1.165, 1.54) is 7.11 Å². The van der Waals surface area contributed by atoms with Crippen LogP contribution in [0.15, 0.2) is 30.3 Å². The number of benzene rings is 1. The van der Waals surface area contributed by atoms with Crippen molar-refractivity contribution in [2.45, 2.75) is 32.8 Å². The Kier molecular flexibility index (Phi) is 6.54. The number of carbonyl (C=O) groups is 3. The maximum atomic E-state index is 12.5. The molecule has 0 amide bonds. The minimum atomic E-state index is -1.02. The van der Waals surface area contributed by atoms with Crippen LogP contribution < -0.4 is 0 Å². The van der Waals surface area contributed by atoms with Crippen molar-refractivity contribution in [2.24, 2.45) is 0 Å². The molecule has 0 spiro atoms. The highest BCUT2D eigenvalue weighted by Gasteiger charge is 2.23. The fraction of sp³-hybridized carbons (Fsp3) is 0.316. The zero-order valence-electron chi connectivity index (χ0n) is 14.7. The number of H-pyrrole nitrogens is 1. The molecule has 0 fully saturated rings. The lowest BCUT2D eigenvalue weighted by Crippen LogP contribution is -2.11. The van der Waals surface area contributed by atoms with Gasteiger partial charge in [-0.3, -0.25) is 9.59 Å². The molecule has 0 radical (unpaired) electrons. The standard InChI is InChI=1S/C19H21NO6/c1-12-15(10-16(21)22)14(8-9-17(23)25-2)18(20-12)19(24)26-11-13-6-4-3-5-7-13/h3-7,20H,8-11H2,1-2H3,(H,21,22). The van der Waals surface area contributed by atoms with E-state index in [4.69, 9.17) is 9.84 Å². The number of carboxylic acids is 1. The fourth-order valence-electron chi connectivity index (χ4n) is 2.68. The highest BCUT2D eigenvalue weighted by Crippen LogP contribution is 2.23. The van der Waals surface area contributed by atoms with Crippen LogP contribution in [0.4, 0.5) is 0 Å². The van der Waals surface area contributed by atoms with E-state index in [0.717, 1.165) is 5.56 Å². The van der Waals surface area contributed by atoms with Gasteiger partial charge in [0.1, 0.15) is 12.3 Å². The Labute approximate surface area is 150 Å². The van der Waals surface area contributed by atoms with Crippen LogP contribution in [0.25, 0.3) is 0 Å². The highest BCUT2D eigenvalue weighted by atomic mass is 16.5. The number of methoxy groups -OCH3 is 1. The number of rotatable bonds is 8. The van der Waals surface area contributed by atoms with Crippen LogP contribution in [0.1, 0.15) is 39.3 Å². The van der Waals surface area contributed by atoms with Crippen LogP contribution in [0.3, 0.4) is 0 Å². The van der Waals surface area contributed by atoms with Gasteiger partial charge in [-0.1, -0.05) is 30.3 Å². The summed E-state index contributed by atoms with van der Waals surface area (Å²) in [6, 6.07) is 9.22. The molecule has 26 heavy (non-hydrogen) atoms. The van der Waals surface area contributed by atoms with Crippen LogP contribution in [-0.4, -0.2) is 35.1 Å². The highest BCUT2D eigenvalue weighted by molar-refractivity contribution is 5.90. The maximum Gasteiger partial charge on any atom is 0.355 e. The second-order valence-corrected chi connectivity index (χ2v) is 5.79. The van der Waals surface area contributed by atoms with Crippen molar-refractivity contribution in [3.05, 3.63) is 58.4 Å². The average molecular weight is 359 g/mol. The summed E-state index contributed by atoms with van der Waals surface area (Å²) in [4.78, 5) is 38.0. The van der Waals surface area contributed by atoms with Crippen molar-refractivity contribution in [1.29, 1.82) is 0 Å². The number of aryl methyl sites for hydroxylation is 1. The van der Waals surface area contributed by atoms with Gasteiger partial charge in [0, 0.05) is 12.1 Å². The fourth-order valence-corrected chi connectivity index (χ4v) is 2.68. The molecule has 0 unspecified atom stereocenters. The Morgan fingerprint density at radius 2 is 1.81 bits per heavy atom. The second kappa shape index (κ2) is 8.84. The van der Waals surface area contributed by atoms with E-state index < -0.39 is 17.9 Å². The molecule has 0 bridgehead atoms. The van der Waals surface area contributed by atoms with Crippen LogP contribution in [0.2, 0.25) is 0 Å². The van der Waals surface area contributed by atoms with E-state index in [1.54, 1.807) is 6.92 Å². The lowest BCUT2D eigenvalue weighted by Gasteiger charge is -2.07. The summed E-state index contributed by atoms with van der Waals surface area (Å²) < 4.78 is 9.95.